The molecule has 2 aromatic heterocycles. The third-order valence-corrected chi connectivity index (χ3v) is 6.19. The predicted molar refractivity (Wildman–Crippen MR) is 74.6 cm³/mol. The van der Waals surface area contributed by atoms with E-state index in [0.29, 0.717) is 0 Å². The highest BCUT2D eigenvalue weighted by atomic mass is 35.5. The first-order valence-electron chi connectivity index (χ1n) is 5.46. The molecular formula is C12H11ClFNO2S2. The lowest BCUT2D eigenvalue weighted by atomic mass is 10.3. The van der Waals surface area contributed by atoms with Crippen LogP contribution >= 0.6 is 22.9 Å². The largest absolute Gasteiger partial charge is 0.228 e. The average Bonchev–Trinajstić information content (AvgIpc) is 2.85. The van der Waals surface area contributed by atoms with Crippen molar-refractivity contribution in [3.05, 3.63) is 51.2 Å². The van der Waals surface area contributed by atoms with E-state index in [2.05, 4.69) is 4.98 Å². The summed E-state index contributed by atoms with van der Waals surface area (Å²) in [5.41, 5.74) is 0.0350. The van der Waals surface area contributed by atoms with Crippen LogP contribution in [0.2, 0.25) is 5.15 Å². The lowest BCUT2D eigenvalue weighted by Crippen LogP contribution is -2.13. The molecule has 2 aromatic rings. The van der Waals surface area contributed by atoms with E-state index in [-0.39, 0.29) is 16.5 Å². The SMILES string of the molecule is CC(c1cccs1)S(=O)(=O)Cc1ccc(Cl)nc1F. The van der Waals surface area contributed by atoms with Crippen LogP contribution in [0, 0.1) is 5.95 Å². The fourth-order valence-corrected chi connectivity index (χ4v) is 4.33. The van der Waals surface area contributed by atoms with Gasteiger partial charge in [-0.25, -0.2) is 13.4 Å². The Bertz CT molecular complexity index is 671. The van der Waals surface area contributed by atoms with Gasteiger partial charge < -0.3 is 0 Å². The number of hydrogen-bond donors (Lipinski definition) is 0. The number of pyridine rings is 1. The number of aromatic nitrogens is 1. The molecule has 7 heteroatoms. The molecule has 0 aliphatic heterocycles. The summed E-state index contributed by atoms with van der Waals surface area (Å²) in [5, 5.41) is 1.15. The van der Waals surface area contributed by atoms with E-state index in [9.17, 15) is 12.8 Å². The van der Waals surface area contributed by atoms with E-state index in [4.69, 9.17) is 11.6 Å². The molecule has 0 aromatic carbocycles. The Morgan fingerprint density at radius 2 is 2.16 bits per heavy atom. The van der Waals surface area contributed by atoms with Crippen LogP contribution in [0.4, 0.5) is 4.39 Å². The first-order chi connectivity index (χ1) is 8.90. The van der Waals surface area contributed by atoms with Crippen molar-refractivity contribution in [1.82, 2.24) is 4.98 Å². The van der Waals surface area contributed by atoms with Gasteiger partial charge in [0.25, 0.3) is 0 Å². The van der Waals surface area contributed by atoms with Gasteiger partial charge in [0.05, 0.1) is 11.0 Å². The van der Waals surface area contributed by atoms with Crippen molar-refractivity contribution in [3.8, 4) is 0 Å². The van der Waals surface area contributed by atoms with Gasteiger partial charge >= 0.3 is 0 Å². The summed E-state index contributed by atoms with van der Waals surface area (Å²) in [4.78, 5) is 4.16. The van der Waals surface area contributed by atoms with Gasteiger partial charge in [-0.1, -0.05) is 23.7 Å². The van der Waals surface area contributed by atoms with Crippen molar-refractivity contribution in [2.75, 3.05) is 0 Å². The second-order valence-electron chi connectivity index (χ2n) is 4.05. The van der Waals surface area contributed by atoms with Gasteiger partial charge in [0.15, 0.2) is 9.84 Å². The minimum Gasteiger partial charge on any atom is -0.228 e. The van der Waals surface area contributed by atoms with Crippen LogP contribution in [-0.2, 0) is 15.6 Å². The van der Waals surface area contributed by atoms with Crippen LogP contribution in [0.1, 0.15) is 22.6 Å². The van der Waals surface area contributed by atoms with Crippen molar-refractivity contribution in [1.29, 1.82) is 0 Å². The molecule has 0 spiro atoms. The molecule has 0 aliphatic carbocycles. The van der Waals surface area contributed by atoms with Gasteiger partial charge in [0.2, 0.25) is 5.95 Å². The van der Waals surface area contributed by atoms with E-state index in [1.807, 2.05) is 5.38 Å². The molecule has 0 aliphatic rings. The first-order valence-corrected chi connectivity index (χ1v) is 8.43. The third-order valence-electron chi connectivity index (χ3n) is 2.73. The highest BCUT2D eigenvalue weighted by molar-refractivity contribution is 7.91. The van der Waals surface area contributed by atoms with E-state index in [0.717, 1.165) is 4.88 Å². The van der Waals surface area contributed by atoms with Crippen LogP contribution in [0.15, 0.2) is 29.6 Å². The summed E-state index contributed by atoms with van der Waals surface area (Å²) in [6, 6.07) is 6.27. The maximum Gasteiger partial charge on any atom is 0.218 e. The molecule has 0 radical (unpaired) electrons. The highest BCUT2D eigenvalue weighted by Gasteiger charge is 2.25. The summed E-state index contributed by atoms with van der Waals surface area (Å²) < 4.78 is 38.0. The molecule has 2 heterocycles. The summed E-state index contributed by atoms with van der Waals surface area (Å²) in [6.07, 6.45) is 0. The first kappa shape index (κ1) is 14.4. The quantitative estimate of drug-likeness (QED) is 0.809. The van der Waals surface area contributed by atoms with Gasteiger partial charge in [-0.3, -0.25) is 0 Å². The number of halogens is 2. The zero-order chi connectivity index (χ0) is 14.0. The summed E-state index contributed by atoms with van der Waals surface area (Å²) in [6.45, 7) is 1.60. The minimum absolute atomic E-state index is 0.00459. The number of rotatable bonds is 4. The Kier molecular flexibility index (Phi) is 4.23. The van der Waals surface area contributed by atoms with E-state index >= 15 is 0 Å². The van der Waals surface area contributed by atoms with E-state index in [1.165, 1.54) is 23.5 Å². The number of nitrogens with zero attached hydrogens (tertiary/aromatic N) is 1. The fourth-order valence-electron chi connectivity index (χ4n) is 1.59. The third kappa shape index (κ3) is 3.32. The van der Waals surface area contributed by atoms with Gasteiger partial charge in [-0.2, -0.15) is 4.39 Å². The Morgan fingerprint density at radius 3 is 2.74 bits per heavy atom. The molecule has 0 N–H and O–H groups in total. The molecule has 0 saturated heterocycles. The molecule has 0 bridgehead atoms. The Morgan fingerprint density at radius 1 is 1.42 bits per heavy atom. The average molecular weight is 320 g/mol. The predicted octanol–water partition coefficient (Wildman–Crippen LogP) is 3.61. The van der Waals surface area contributed by atoms with Crippen LogP contribution in [0.3, 0.4) is 0 Å². The Balaban J connectivity index is 2.26. The lowest BCUT2D eigenvalue weighted by Gasteiger charge is -2.11. The van der Waals surface area contributed by atoms with Crippen molar-refractivity contribution in [3.63, 3.8) is 0 Å². The minimum atomic E-state index is -3.48. The summed E-state index contributed by atoms with van der Waals surface area (Å²) >= 11 is 6.90. The van der Waals surface area contributed by atoms with E-state index < -0.39 is 21.0 Å². The van der Waals surface area contributed by atoms with Crippen LogP contribution in [-0.4, -0.2) is 13.4 Å². The van der Waals surface area contributed by atoms with Crippen molar-refractivity contribution in [2.45, 2.75) is 17.9 Å². The summed E-state index contributed by atoms with van der Waals surface area (Å²) in [5.74, 6) is -1.23. The smallest absolute Gasteiger partial charge is 0.218 e. The summed E-state index contributed by atoms with van der Waals surface area (Å²) in [7, 11) is -3.48. The van der Waals surface area contributed by atoms with E-state index in [1.54, 1.807) is 19.1 Å². The van der Waals surface area contributed by atoms with Gasteiger partial charge in [-0.15, -0.1) is 11.3 Å². The Labute approximate surface area is 120 Å². The molecule has 1 atom stereocenters. The normalized spacial score (nSPS) is 13.4. The number of thiophene rings is 1. The standard InChI is InChI=1S/C12H11ClFNO2S2/c1-8(10-3-2-6-18-10)19(16,17)7-9-4-5-11(13)15-12(9)14/h2-6,8H,7H2,1H3. The van der Waals surface area contributed by atoms with Crippen LogP contribution in [0.25, 0.3) is 0 Å². The monoisotopic (exact) mass is 319 g/mol. The zero-order valence-corrected chi connectivity index (χ0v) is 12.4. The number of hydrogen-bond acceptors (Lipinski definition) is 4. The maximum atomic E-state index is 13.5. The van der Waals surface area contributed by atoms with Crippen LogP contribution in [0.5, 0.6) is 0 Å². The molecule has 0 fully saturated rings. The van der Waals surface area contributed by atoms with Crippen molar-refractivity contribution < 1.29 is 12.8 Å². The molecule has 19 heavy (non-hydrogen) atoms. The molecule has 0 saturated carbocycles. The molecule has 0 amide bonds. The second kappa shape index (κ2) is 5.56. The van der Waals surface area contributed by atoms with Crippen LogP contribution < -0.4 is 0 Å². The Hall–Kier alpha value is -0.980. The van der Waals surface area contributed by atoms with Gasteiger partial charge in [-0.05, 0) is 24.4 Å². The second-order valence-corrected chi connectivity index (χ2v) is 7.74. The lowest BCUT2D eigenvalue weighted by molar-refractivity contribution is 0.562. The molecule has 3 nitrogen and oxygen atoms in total. The number of sulfone groups is 1. The van der Waals surface area contributed by atoms with Crippen molar-refractivity contribution in [2.24, 2.45) is 0 Å². The molecule has 2 rings (SSSR count). The fraction of sp³-hybridized carbons (Fsp3) is 0.250. The van der Waals surface area contributed by atoms with Crippen molar-refractivity contribution >= 4 is 32.8 Å². The van der Waals surface area contributed by atoms with Gasteiger partial charge in [0, 0.05) is 10.4 Å². The van der Waals surface area contributed by atoms with Gasteiger partial charge in [0.1, 0.15) is 5.15 Å². The highest BCUT2D eigenvalue weighted by Crippen LogP contribution is 2.29. The molecule has 1 unspecified atom stereocenters. The maximum absolute atomic E-state index is 13.5. The molecule has 102 valence electrons. The topological polar surface area (TPSA) is 47.0 Å². The molecular weight excluding hydrogens is 309 g/mol. The zero-order valence-electron chi connectivity index (χ0n) is 10.0.